The van der Waals surface area contributed by atoms with E-state index in [1.165, 1.54) is 0 Å². The van der Waals surface area contributed by atoms with E-state index in [-0.39, 0.29) is 38.5 Å². The Kier molecular flexibility index (Phi) is 14.3. The maximum absolute atomic E-state index is 14.4. The standard InChI is InChI=1S/C47H47N5O7/c53-42-26-27-43(54)49-38(25-20-31-10-4-1-5-11-31)44(55)50-40(29-33-16-21-36(22-17-33)35-14-8-3-9-15-35)45(56)51-39(28-32-12-6-2-7-13-32)46(57)52-41(47(58)59)30-34-18-23-37(48-42)24-19-34/h1-19,21-24,38-41H,20,25-30H2,(H,48,53)(H,49,54)(H,50,55)(H,51,56)(H,52,57)(H,58,59). The molecule has 5 aromatic rings. The molecular formula is C47H47N5O7. The van der Waals surface area contributed by atoms with E-state index >= 15 is 0 Å². The summed E-state index contributed by atoms with van der Waals surface area (Å²) in [6, 6.07) is 37.4. The topological polar surface area (TPSA) is 183 Å². The van der Waals surface area contributed by atoms with Crippen LogP contribution in [0.1, 0.15) is 41.5 Å². The molecule has 0 radical (unpaired) electrons. The fourth-order valence-electron chi connectivity index (χ4n) is 6.89. The summed E-state index contributed by atoms with van der Waals surface area (Å²) in [4.78, 5) is 81.3. The number of aryl methyl sites for hydroxylation is 1. The molecule has 2 bridgehead atoms. The maximum atomic E-state index is 14.4. The second kappa shape index (κ2) is 20.4. The lowest BCUT2D eigenvalue weighted by molar-refractivity contribution is -0.142. The summed E-state index contributed by atoms with van der Waals surface area (Å²) in [5.74, 6) is -4.26. The Morgan fingerprint density at radius 1 is 0.508 bits per heavy atom. The van der Waals surface area contributed by atoms with Crippen LogP contribution in [0, 0.1) is 0 Å². The molecule has 0 fully saturated rings. The zero-order chi connectivity index (χ0) is 41.6. The number of benzene rings is 5. The molecule has 0 aromatic heterocycles. The number of carbonyl (C=O) groups excluding carboxylic acids is 5. The molecule has 4 atom stereocenters. The summed E-state index contributed by atoms with van der Waals surface area (Å²) in [7, 11) is 0. The van der Waals surface area contributed by atoms with Crippen LogP contribution in [0.4, 0.5) is 5.69 Å². The highest BCUT2D eigenvalue weighted by Gasteiger charge is 2.32. The number of carboxylic acids is 1. The van der Waals surface area contributed by atoms with Crippen molar-refractivity contribution in [1.29, 1.82) is 0 Å². The lowest BCUT2D eigenvalue weighted by Gasteiger charge is -2.26. The summed E-state index contributed by atoms with van der Waals surface area (Å²) < 4.78 is 0. The van der Waals surface area contributed by atoms with Crippen molar-refractivity contribution in [2.75, 3.05) is 5.32 Å². The van der Waals surface area contributed by atoms with Crippen molar-refractivity contribution < 1.29 is 33.9 Å². The SMILES string of the molecule is O=C1CCC(=O)NC(CCc2ccccc2)C(=O)NC(Cc2ccc(-c3ccccc3)cc2)C(=O)NC(Cc2ccccc2)C(=O)NC(C(=O)O)Cc2ccc(cc2)N1. The molecular weight excluding hydrogens is 747 g/mol. The molecule has 0 saturated heterocycles. The lowest BCUT2D eigenvalue weighted by Crippen LogP contribution is -2.59. The first-order chi connectivity index (χ1) is 28.6. The Morgan fingerprint density at radius 2 is 1.00 bits per heavy atom. The number of carbonyl (C=O) groups is 6. The molecule has 0 saturated carbocycles. The van der Waals surface area contributed by atoms with Crippen LogP contribution in [0.2, 0.25) is 0 Å². The highest BCUT2D eigenvalue weighted by molar-refractivity contribution is 5.96. The zero-order valence-electron chi connectivity index (χ0n) is 32.4. The number of aliphatic carboxylic acids is 1. The van der Waals surface area contributed by atoms with Gasteiger partial charge in [0.15, 0.2) is 0 Å². The summed E-state index contributed by atoms with van der Waals surface area (Å²) >= 11 is 0. The smallest absolute Gasteiger partial charge is 0.326 e. The number of rotatable bonds is 9. The van der Waals surface area contributed by atoms with Gasteiger partial charge in [-0.15, -0.1) is 0 Å². The van der Waals surface area contributed by atoms with Crippen molar-refractivity contribution in [2.45, 2.75) is 69.1 Å². The molecule has 2 heterocycles. The quantitative estimate of drug-likeness (QED) is 0.116. The van der Waals surface area contributed by atoms with E-state index < -0.39 is 59.7 Å². The van der Waals surface area contributed by atoms with Gasteiger partial charge in [-0.1, -0.05) is 127 Å². The number of amides is 5. The minimum absolute atomic E-state index is 0.0272. The van der Waals surface area contributed by atoms with Gasteiger partial charge in [0.25, 0.3) is 0 Å². The number of anilines is 1. The van der Waals surface area contributed by atoms with Crippen molar-refractivity contribution >= 4 is 41.2 Å². The van der Waals surface area contributed by atoms with Gasteiger partial charge >= 0.3 is 5.97 Å². The first-order valence-corrected chi connectivity index (χ1v) is 19.6. The molecule has 59 heavy (non-hydrogen) atoms. The number of hydrogen-bond donors (Lipinski definition) is 6. The van der Waals surface area contributed by atoms with Crippen molar-refractivity contribution in [2.24, 2.45) is 0 Å². The van der Waals surface area contributed by atoms with Crippen LogP contribution in [-0.2, 0) is 54.5 Å². The van der Waals surface area contributed by atoms with Crippen molar-refractivity contribution in [3.05, 3.63) is 162 Å². The lowest BCUT2D eigenvalue weighted by atomic mass is 9.98. The third-order valence-electron chi connectivity index (χ3n) is 10.1. The van der Waals surface area contributed by atoms with Crippen LogP contribution in [0.5, 0.6) is 0 Å². The van der Waals surface area contributed by atoms with Crippen molar-refractivity contribution in [1.82, 2.24) is 21.3 Å². The van der Waals surface area contributed by atoms with Gasteiger partial charge < -0.3 is 31.7 Å². The number of hydrogen-bond acceptors (Lipinski definition) is 6. The third kappa shape index (κ3) is 12.5. The minimum atomic E-state index is -1.35. The largest absolute Gasteiger partial charge is 0.480 e. The molecule has 2 aliphatic rings. The minimum Gasteiger partial charge on any atom is -0.480 e. The number of fused-ring (bicyclic) bond motifs is 18. The fourth-order valence-corrected chi connectivity index (χ4v) is 6.89. The predicted octanol–water partition coefficient (Wildman–Crippen LogP) is 4.77. The van der Waals surface area contributed by atoms with Crippen LogP contribution >= 0.6 is 0 Å². The zero-order valence-corrected chi connectivity index (χ0v) is 32.4. The summed E-state index contributed by atoms with van der Waals surface area (Å²) in [6.07, 6.45) is 0.226. The van der Waals surface area contributed by atoms with Crippen molar-refractivity contribution in [3.8, 4) is 11.1 Å². The van der Waals surface area contributed by atoms with Crippen LogP contribution in [-0.4, -0.2) is 64.8 Å². The molecule has 5 amide bonds. The molecule has 12 nitrogen and oxygen atoms in total. The van der Waals surface area contributed by atoms with E-state index in [1.807, 2.05) is 91.0 Å². The summed E-state index contributed by atoms with van der Waals surface area (Å²) in [6.45, 7) is 0. The van der Waals surface area contributed by atoms with E-state index in [0.29, 0.717) is 28.8 Å². The maximum Gasteiger partial charge on any atom is 0.326 e. The molecule has 0 aliphatic carbocycles. The molecule has 7 rings (SSSR count). The van der Waals surface area contributed by atoms with Gasteiger partial charge in [0.1, 0.15) is 24.2 Å². The second-order valence-corrected chi connectivity index (χ2v) is 14.6. The first-order valence-electron chi connectivity index (χ1n) is 19.6. The summed E-state index contributed by atoms with van der Waals surface area (Å²) in [5.41, 5.74) is 5.33. The van der Waals surface area contributed by atoms with Crippen LogP contribution in [0.15, 0.2) is 140 Å². The number of nitrogens with one attached hydrogen (secondary N) is 5. The Morgan fingerprint density at radius 3 is 1.59 bits per heavy atom. The Labute approximate surface area is 342 Å². The van der Waals surface area contributed by atoms with Gasteiger partial charge in [0, 0.05) is 37.8 Å². The Balaban J connectivity index is 1.34. The first kappa shape index (κ1) is 41.6. The molecule has 2 aliphatic heterocycles. The monoisotopic (exact) mass is 793 g/mol. The van der Waals surface area contributed by atoms with Crippen LogP contribution < -0.4 is 26.6 Å². The van der Waals surface area contributed by atoms with E-state index in [9.17, 15) is 33.9 Å². The molecule has 4 unspecified atom stereocenters. The number of carboxylic acid groups (broad SMARTS) is 1. The average Bonchev–Trinajstić information content (AvgIpc) is 3.25. The Bertz CT molecular complexity index is 2220. The summed E-state index contributed by atoms with van der Waals surface area (Å²) in [5, 5.41) is 24.0. The van der Waals surface area contributed by atoms with E-state index in [1.54, 1.807) is 48.5 Å². The van der Waals surface area contributed by atoms with Crippen molar-refractivity contribution in [3.63, 3.8) is 0 Å². The van der Waals surface area contributed by atoms with Gasteiger partial charge in [0.2, 0.25) is 29.5 Å². The van der Waals surface area contributed by atoms with E-state index in [4.69, 9.17) is 0 Å². The molecule has 302 valence electrons. The third-order valence-corrected chi connectivity index (χ3v) is 10.1. The average molecular weight is 794 g/mol. The van der Waals surface area contributed by atoms with Gasteiger partial charge in [-0.2, -0.15) is 0 Å². The fraction of sp³-hybridized carbons (Fsp3) is 0.234. The second-order valence-electron chi connectivity index (χ2n) is 14.6. The van der Waals surface area contributed by atoms with Crippen LogP contribution in [0.3, 0.4) is 0 Å². The van der Waals surface area contributed by atoms with Gasteiger partial charge in [0.05, 0.1) is 0 Å². The normalized spacial score (nSPS) is 19.6. The molecule has 6 N–H and O–H groups in total. The van der Waals surface area contributed by atoms with E-state index in [0.717, 1.165) is 16.7 Å². The highest BCUT2D eigenvalue weighted by Crippen LogP contribution is 2.20. The van der Waals surface area contributed by atoms with E-state index in [2.05, 4.69) is 26.6 Å². The molecule has 5 aromatic carbocycles. The van der Waals surface area contributed by atoms with Gasteiger partial charge in [-0.05, 0) is 58.4 Å². The highest BCUT2D eigenvalue weighted by atomic mass is 16.4. The predicted molar refractivity (Wildman–Crippen MR) is 224 cm³/mol. The molecule has 12 heteroatoms. The van der Waals surface area contributed by atoms with Gasteiger partial charge in [-0.3, -0.25) is 24.0 Å². The molecule has 0 spiro atoms. The Hall–Kier alpha value is -7.08. The van der Waals surface area contributed by atoms with Crippen LogP contribution in [0.25, 0.3) is 11.1 Å². The van der Waals surface area contributed by atoms with Gasteiger partial charge in [-0.25, -0.2) is 4.79 Å².